The van der Waals surface area contributed by atoms with Crippen molar-refractivity contribution in [2.75, 3.05) is 0 Å². The molecule has 3 nitrogen and oxygen atoms in total. The van der Waals surface area contributed by atoms with Crippen LogP contribution in [0.5, 0.6) is 0 Å². The number of esters is 1. The zero-order valence-electron chi connectivity index (χ0n) is 16.3. The fourth-order valence-corrected chi connectivity index (χ4v) is 2.70. The maximum Gasteiger partial charge on any atom is 0.331 e. The van der Waals surface area contributed by atoms with Gasteiger partial charge in [0.1, 0.15) is 5.60 Å². The molecule has 2 aromatic rings. The van der Waals surface area contributed by atoms with Crippen molar-refractivity contribution in [3.63, 3.8) is 0 Å². The Morgan fingerprint density at radius 3 is 1.93 bits per heavy atom. The number of carbonyl (C=O) groups is 1. The summed E-state index contributed by atoms with van der Waals surface area (Å²) in [7, 11) is 0. The molecule has 2 aromatic carbocycles. The van der Waals surface area contributed by atoms with E-state index in [1.807, 2.05) is 94.4 Å². The van der Waals surface area contributed by atoms with Gasteiger partial charge in [-0.15, -0.1) is 0 Å². The van der Waals surface area contributed by atoms with E-state index in [9.17, 15) is 4.79 Å². The lowest BCUT2D eigenvalue weighted by atomic mass is 10.0. The average Bonchev–Trinajstić information content (AvgIpc) is 2.61. The van der Waals surface area contributed by atoms with Crippen molar-refractivity contribution in [2.24, 2.45) is 4.99 Å². The van der Waals surface area contributed by atoms with Gasteiger partial charge in [0.05, 0.1) is 5.71 Å². The minimum Gasteiger partial charge on any atom is -0.458 e. The number of aliphatic imine (C=N–C) groups is 1. The largest absolute Gasteiger partial charge is 0.458 e. The summed E-state index contributed by atoms with van der Waals surface area (Å²) in [4.78, 5) is 17.6. The molecule has 0 radical (unpaired) electrons. The minimum absolute atomic E-state index is 0.322. The van der Waals surface area contributed by atoms with E-state index in [4.69, 9.17) is 9.73 Å². The summed E-state index contributed by atoms with van der Waals surface area (Å²) in [6.07, 6.45) is 2.42. The molecule has 142 valence electrons. The standard InChI is InChI=1S/C23H26BrNO2/c1-17(24)15-16-20(22(26)27-23(2,3)4)25-21(18-11-7-5-8-12-18)19-13-9-6-10-14-19/h5-15,20H,16H2,1-4H3/b17-15+. The molecule has 0 heterocycles. The van der Waals surface area contributed by atoms with E-state index in [-0.39, 0.29) is 5.97 Å². The number of hydrogen-bond donors (Lipinski definition) is 0. The van der Waals surface area contributed by atoms with Crippen LogP contribution in [0.2, 0.25) is 0 Å². The molecule has 0 aromatic heterocycles. The number of carbonyl (C=O) groups excluding carboxylic acids is 1. The summed E-state index contributed by atoms with van der Waals surface area (Å²) in [5.74, 6) is -0.322. The number of ether oxygens (including phenoxy) is 1. The Kier molecular flexibility index (Phi) is 7.55. The molecule has 0 aliphatic rings. The van der Waals surface area contributed by atoms with Crippen LogP contribution in [-0.2, 0) is 9.53 Å². The Morgan fingerprint density at radius 2 is 1.52 bits per heavy atom. The van der Waals surface area contributed by atoms with Crippen LogP contribution in [0.3, 0.4) is 0 Å². The normalized spacial score (nSPS) is 13.0. The number of allylic oxidation sites excluding steroid dienone is 1. The highest BCUT2D eigenvalue weighted by molar-refractivity contribution is 9.11. The first-order valence-corrected chi connectivity index (χ1v) is 9.79. The summed E-state index contributed by atoms with van der Waals surface area (Å²) in [5.41, 5.74) is 2.17. The van der Waals surface area contributed by atoms with Gasteiger partial charge in [-0.2, -0.15) is 0 Å². The van der Waals surface area contributed by atoms with Gasteiger partial charge in [-0.1, -0.05) is 82.7 Å². The van der Waals surface area contributed by atoms with Crippen LogP contribution in [0, 0.1) is 0 Å². The second kappa shape index (κ2) is 9.65. The molecule has 2 rings (SSSR count). The lowest BCUT2D eigenvalue weighted by Gasteiger charge is -2.22. The van der Waals surface area contributed by atoms with Crippen LogP contribution < -0.4 is 0 Å². The molecule has 0 amide bonds. The molecule has 0 aliphatic heterocycles. The van der Waals surface area contributed by atoms with E-state index < -0.39 is 11.6 Å². The van der Waals surface area contributed by atoms with Gasteiger partial charge in [0.25, 0.3) is 0 Å². The molecule has 0 saturated heterocycles. The fourth-order valence-electron chi connectivity index (χ4n) is 2.51. The predicted molar refractivity (Wildman–Crippen MR) is 115 cm³/mol. The summed E-state index contributed by atoms with van der Waals surface area (Å²) < 4.78 is 6.58. The lowest BCUT2D eigenvalue weighted by Crippen LogP contribution is -2.31. The Morgan fingerprint density at radius 1 is 1.04 bits per heavy atom. The van der Waals surface area contributed by atoms with Gasteiger partial charge in [0.15, 0.2) is 6.04 Å². The van der Waals surface area contributed by atoms with Crippen molar-refractivity contribution in [3.05, 3.63) is 82.3 Å². The molecule has 1 unspecified atom stereocenters. The second-order valence-corrected chi connectivity index (χ2v) is 8.54. The number of benzene rings is 2. The van der Waals surface area contributed by atoms with E-state index >= 15 is 0 Å². The van der Waals surface area contributed by atoms with Gasteiger partial charge in [0, 0.05) is 11.1 Å². The van der Waals surface area contributed by atoms with Crippen molar-refractivity contribution in [1.29, 1.82) is 0 Å². The maximum atomic E-state index is 12.8. The fraction of sp³-hybridized carbons (Fsp3) is 0.304. The first kappa shape index (κ1) is 21.1. The topological polar surface area (TPSA) is 38.7 Å². The summed E-state index contributed by atoms with van der Waals surface area (Å²) in [6, 6.07) is 19.2. The van der Waals surface area contributed by atoms with Crippen LogP contribution in [0.15, 0.2) is 76.2 Å². The van der Waals surface area contributed by atoms with Crippen LogP contribution in [0.4, 0.5) is 0 Å². The van der Waals surface area contributed by atoms with Crippen molar-refractivity contribution in [3.8, 4) is 0 Å². The molecular weight excluding hydrogens is 402 g/mol. The van der Waals surface area contributed by atoms with Gasteiger partial charge < -0.3 is 4.74 Å². The molecule has 27 heavy (non-hydrogen) atoms. The smallest absolute Gasteiger partial charge is 0.331 e. The SMILES string of the molecule is C/C(Br)=C\CC(N=C(c1ccccc1)c1ccccc1)C(=O)OC(C)(C)C. The Bertz CT molecular complexity index is 760. The molecule has 1 atom stereocenters. The highest BCUT2D eigenvalue weighted by Gasteiger charge is 2.25. The number of halogens is 1. The van der Waals surface area contributed by atoms with Gasteiger partial charge >= 0.3 is 5.97 Å². The van der Waals surface area contributed by atoms with Gasteiger partial charge in [-0.05, 0) is 38.6 Å². The molecule has 0 fully saturated rings. The second-order valence-electron chi connectivity index (χ2n) is 7.29. The van der Waals surface area contributed by atoms with Crippen LogP contribution in [0.25, 0.3) is 0 Å². The first-order chi connectivity index (χ1) is 12.8. The molecule has 0 spiro atoms. The number of nitrogens with zero attached hydrogens (tertiary/aromatic N) is 1. The minimum atomic E-state index is -0.618. The Labute approximate surface area is 170 Å². The van der Waals surface area contributed by atoms with E-state index in [1.54, 1.807) is 0 Å². The quantitative estimate of drug-likeness (QED) is 0.423. The van der Waals surface area contributed by atoms with Crippen LogP contribution >= 0.6 is 15.9 Å². The lowest BCUT2D eigenvalue weighted by molar-refractivity contribution is -0.156. The van der Waals surface area contributed by atoms with E-state index in [0.29, 0.717) is 6.42 Å². The van der Waals surface area contributed by atoms with E-state index in [1.165, 1.54) is 0 Å². The van der Waals surface area contributed by atoms with Crippen molar-refractivity contribution in [2.45, 2.75) is 45.8 Å². The van der Waals surface area contributed by atoms with Crippen LogP contribution in [-0.4, -0.2) is 23.3 Å². The monoisotopic (exact) mass is 427 g/mol. The first-order valence-electron chi connectivity index (χ1n) is 9.00. The van der Waals surface area contributed by atoms with E-state index in [0.717, 1.165) is 21.3 Å². The molecule has 0 bridgehead atoms. The average molecular weight is 428 g/mol. The number of rotatable bonds is 6. The summed E-state index contributed by atoms with van der Waals surface area (Å²) in [5, 5.41) is 0. The Balaban J connectivity index is 2.49. The third-order valence-electron chi connectivity index (χ3n) is 3.68. The Hall–Kier alpha value is -2.20. The third kappa shape index (κ3) is 7.14. The highest BCUT2D eigenvalue weighted by Crippen LogP contribution is 2.18. The molecule has 0 saturated carbocycles. The van der Waals surface area contributed by atoms with Crippen molar-refractivity contribution >= 4 is 27.6 Å². The van der Waals surface area contributed by atoms with Gasteiger partial charge in [0.2, 0.25) is 0 Å². The van der Waals surface area contributed by atoms with E-state index in [2.05, 4.69) is 15.9 Å². The van der Waals surface area contributed by atoms with Crippen LogP contribution in [0.1, 0.15) is 45.2 Å². The van der Waals surface area contributed by atoms with Crippen molar-refractivity contribution < 1.29 is 9.53 Å². The molecular formula is C23H26BrNO2. The summed E-state index contributed by atoms with van der Waals surface area (Å²) in [6.45, 7) is 7.54. The predicted octanol–water partition coefficient (Wildman–Crippen LogP) is 5.92. The highest BCUT2D eigenvalue weighted by atomic mass is 79.9. The zero-order chi connectivity index (χ0) is 19.9. The third-order valence-corrected chi connectivity index (χ3v) is 4.00. The van der Waals surface area contributed by atoms with Gasteiger partial charge in [-0.25, -0.2) is 4.79 Å². The maximum absolute atomic E-state index is 12.8. The van der Waals surface area contributed by atoms with Crippen molar-refractivity contribution in [1.82, 2.24) is 0 Å². The molecule has 4 heteroatoms. The molecule has 0 N–H and O–H groups in total. The number of hydrogen-bond acceptors (Lipinski definition) is 3. The molecule has 0 aliphatic carbocycles. The zero-order valence-corrected chi connectivity index (χ0v) is 17.9. The summed E-state index contributed by atoms with van der Waals surface area (Å²) >= 11 is 3.43. The van der Waals surface area contributed by atoms with Gasteiger partial charge in [-0.3, -0.25) is 4.99 Å².